The highest BCUT2D eigenvalue weighted by molar-refractivity contribution is 5.53. The molecule has 0 amide bonds. The molecule has 2 bridgehead atoms. The maximum absolute atomic E-state index is 9.83. The van der Waals surface area contributed by atoms with Crippen LogP contribution in [0.2, 0.25) is 0 Å². The number of fused-ring (bicyclic) bond motifs is 1. The van der Waals surface area contributed by atoms with E-state index >= 15 is 0 Å². The van der Waals surface area contributed by atoms with Crippen molar-refractivity contribution in [1.82, 2.24) is 15.0 Å². The Hall–Kier alpha value is -2.25. The van der Waals surface area contributed by atoms with Crippen LogP contribution < -0.4 is 9.64 Å². The Labute approximate surface area is 158 Å². The van der Waals surface area contributed by atoms with E-state index in [1.165, 1.54) is 0 Å². The molecule has 3 aliphatic heterocycles. The van der Waals surface area contributed by atoms with Crippen LogP contribution in [-0.2, 0) is 4.74 Å². The fourth-order valence-electron chi connectivity index (χ4n) is 5.12. The average Bonchev–Trinajstić information content (AvgIpc) is 3.32. The van der Waals surface area contributed by atoms with Gasteiger partial charge in [0.25, 0.3) is 0 Å². The van der Waals surface area contributed by atoms with E-state index in [1.807, 2.05) is 26.0 Å². The quantitative estimate of drug-likeness (QED) is 0.886. The smallest absolute Gasteiger partial charge is 0.227 e. The minimum absolute atomic E-state index is 0.129. The molecule has 5 rings (SSSR count). The summed E-state index contributed by atoms with van der Waals surface area (Å²) in [6.07, 6.45) is 5.64. The lowest BCUT2D eigenvalue weighted by atomic mass is 9.74. The first-order valence-corrected chi connectivity index (χ1v) is 9.56. The molecule has 0 aromatic carbocycles. The third-order valence-electron chi connectivity index (χ3n) is 6.47. The van der Waals surface area contributed by atoms with E-state index in [0.29, 0.717) is 17.5 Å². The molecule has 3 saturated heterocycles. The molecule has 1 spiro atoms. The molecule has 142 valence electrons. The van der Waals surface area contributed by atoms with E-state index in [2.05, 4.69) is 19.9 Å². The number of hydrogen-bond donors (Lipinski definition) is 1. The number of aliphatic hydroxyl groups is 1. The Bertz CT molecular complexity index is 876. The molecule has 4 atom stereocenters. The van der Waals surface area contributed by atoms with E-state index in [4.69, 9.17) is 9.47 Å². The minimum atomic E-state index is -0.129. The van der Waals surface area contributed by atoms with Crippen LogP contribution in [0.5, 0.6) is 11.6 Å². The molecule has 0 radical (unpaired) electrons. The lowest BCUT2D eigenvalue weighted by Gasteiger charge is -2.27. The minimum Gasteiger partial charge on any atom is -0.437 e. The van der Waals surface area contributed by atoms with Crippen LogP contribution in [0.4, 0.5) is 5.82 Å². The Balaban J connectivity index is 1.43. The Morgan fingerprint density at radius 2 is 2.22 bits per heavy atom. The Kier molecular flexibility index (Phi) is 3.84. The maximum Gasteiger partial charge on any atom is 0.227 e. The third-order valence-corrected chi connectivity index (χ3v) is 6.47. The lowest BCUT2D eigenvalue weighted by Crippen LogP contribution is -2.37. The molecule has 7 nitrogen and oxygen atoms in total. The van der Waals surface area contributed by atoms with Crippen LogP contribution in [-0.4, -0.2) is 51.5 Å². The predicted molar refractivity (Wildman–Crippen MR) is 98.9 cm³/mol. The molecule has 7 heteroatoms. The van der Waals surface area contributed by atoms with Gasteiger partial charge in [-0.1, -0.05) is 0 Å². The average molecular weight is 368 g/mol. The first-order valence-electron chi connectivity index (χ1n) is 9.56. The summed E-state index contributed by atoms with van der Waals surface area (Å²) in [5.41, 5.74) is 1.60. The van der Waals surface area contributed by atoms with Crippen molar-refractivity contribution in [3.63, 3.8) is 0 Å². The van der Waals surface area contributed by atoms with E-state index in [0.717, 1.165) is 43.0 Å². The van der Waals surface area contributed by atoms with Gasteiger partial charge in [-0.05, 0) is 38.8 Å². The molecule has 0 saturated carbocycles. The molecule has 3 aliphatic rings. The standard InChI is InChI=1S/C20H24N4O3/c1-12-18(22-11-23-19(12)26-16-4-3-7-21-13(16)2)24-8-15-14(9-25)17-5-6-20(15,10-24)27-17/h3-4,7,11,14-15,17,25H,5-6,8-10H2,1-2H3/t14-,15+,17+,20+/m0/s1. The van der Waals surface area contributed by atoms with Crippen molar-refractivity contribution >= 4 is 5.82 Å². The van der Waals surface area contributed by atoms with Crippen LogP contribution in [0.1, 0.15) is 24.1 Å². The molecule has 1 N–H and O–H groups in total. The second-order valence-corrected chi connectivity index (χ2v) is 7.91. The molecule has 5 heterocycles. The second kappa shape index (κ2) is 6.14. The largest absolute Gasteiger partial charge is 0.437 e. The summed E-state index contributed by atoms with van der Waals surface area (Å²) >= 11 is 0. The maximum atomic E-state index is 9.83. The van der Waals surface area contributed by atoms with Gasteiger partial charge in [-0.25, -0.2) is 9.97 Å². The number of pyridine rings is 1. The van der Waals surface area contributed by atoms with Gasteiger partial charge in [-0.2, -0.15) is 0 Å². The van der Waals surface area contributed by atoms with Gasteiger partial charge in [-0.3, -0.25) is 4.98 Å². The van der Waals surface area contributed by atoms with Crippen LogP contribution >= 0.6 is 0 Å². The summed E-state index contributed by atoms with van der Waals surface area (Å²) in [4.78, 5) is 15.4. The molecule has 2 aromatic heterocycles. The fourth-order valence-corrected chi connectivity index (χ4v) is 5.12. The highest BCUT2D eigenvalue weighted by Crippen LogP contribution is 2.55. The van der Waals surface area contributed by atoms with Gasteiger partial charge >= 0.3 is 0 Å². The fraction of sp³-hybridized carbons (Fsp3) is 0.550. The van der Waals surface area contributed by atoms with Crippen molar-refractivity contribution in [1.29, 1.82) is 0 Å². The highest BCUT2D eigenvalue weighted by Gasteiger charge is 2.63. The zero-order chi connectivity index (χ0) is 18.6. The van der Waals surface area contributed by atoms with Gasteiger partial charge in [-0.15, -0.1) is 0 Å². The summed E-state index contributed by atoms with van der Waals surface area (Å²) in [6.45, 7) is 5.77. The van der Waals surface area contributed by atoms with Crippen LogP contribution in [0.3, 0.4) is 0 Å². The first-order chi connectivity index (χ1) is 13.1. The van der Waals surface area contributed by atoms with Crippen LogP contribution in [0.25, 0.3) is 0 Å². The van der Waals surface area contributed by atoms with Gasteiger partial charge in [0.2, 0.25) is 5.88 Å². The molecule has 0 aliphatic carbocycles. The van der Waals surface area contributed by atoms with Crippen molar-refractivity contribution < 1.29 is 14.6 Å². The molecular weight excluding hydrogens is 344 g/mol. The number of nitrogens with zero attached hydrogens (tertiary/aromatic N) is 4. The third kappa shape index (κ3) is 2.52. The molecular formula is C20H24N4O3. The number of anilines is 1. The van der Waals surface area contributed by atoms with E-state index in [-0.39, 0.29) is 24.2 Å². The molecule has 3 fully saturated rings. The van der Waals surface area contributed by atoms with Crippen LogP contribution in [0.15, 0.2) is 24.7 Å². The van der Waals surface area contributed by atoms with E-state index in [1.54, 1.807) is 12.5 Å². The van der Waals surface area contributed by atoms with Gasteiger partial charge in [0.15, 0.2) is 5.75 Å². The van der Waals surface area contributed by atoms with E-state index in [9.17, 15) is 5.11 Å². The zero-order valence-corrected chi connectivity index (χ0v) is 15.6. The predicted octanol–water partition coefficient (Wildman–Crippen LogP) is 2.26. The van der Waals surface area contributed by atoms with Gasteiger partial charge in [0.05, 0.1) is 23.0 Å². The number of ether oxygens (including phenoxy) is 2. The van der Waals surface area contributed by atoms with Crippen molar-refractivity contribution in [2.24, 2.45) is 11.8 Å². The number of aryl methyl sites for hydroxylation is 1. The number of aromatic nitrogens is 3. The van der Waals surface area contributed by atoms with Crippen molar-refractivity contribution in [3.05, 3.63) is 35.9 Å². The van der Waals surface area contributed by atoms with E-state index < -0.39 is 0 Å². The first kappa shape index (κ1) is 16.9. The summed E-state index contributed by atoms with van der Waals surface area (Å²) < 4.78 is 12.4. The zero-order valence-electron chi connectivity index (χ0n) is 15.6. The number of rotatable bonds is 4. The number of aliphatic hydroxyl groups excluding tert-OH is 1. The molecule has 0 unspecified atom stereocenters. The summed E-state index contributed by atoms with van der Waals surface area (Å²) in [5.74, 6) is 2.73. The number of hydrogen-bond acceptors (Lipinski definition) is 7. The second-order valence-electron chi connectivity index (χ2n) is 7.91. The lowest BCUT2D eigenvalue weighted by molar-refractivity contribution is 0.0128. The molecule has 27 heavy (non-hydrogen) atoms. The van der Waals surface area contributed by atoms with Crippen molar-refractivity contribution in [2.45, 2.75) is 38.4 Å². The normalized spacial score (nSPS) is 31.4. The van der Waals surface area contributed by atoms with Crippen molar-refractivity contribution in [3.8, 4) is 11.6 Å². The summed E-state index contributed by atoms with van der Waals surface area (Å²) in [6, 6.07) is 3.74. The molecule has 2 aromatic rings. The monoisotopic (exact) mass is 368 g/mol. The van der Waals surface area contributed by atoms with Gasteiger partial charge in [0, 0.05) is 37.7 Å². The summed E-state index contributed by atoms with van der Waals surface area (Å²) in [7, 11) is 0. The Morgan fingerprint density at radius 3 is 3.04 bits per heavy atom. The Morgan fingerprint density at radius 1 is 1.33 bits per heavy atom. The SMILES string of the molecule is Cc1ncccc1Oc1ncnc(N2C[C@@H]3[C@H](CO)[C@H]4CC[C@]3(C2)O4)c1C. The topological polar surface area (TPSA) is 80.6 Å². The van der Waals surface area contributed by atoms with Crippen LogP contribution in [0, 0.1) is 25.7 Å². The highest BCUT2D eigenvalue weighted by atomic mass is 16.5. The summed E-state index contributed by atoms with van der Waals surface area (Å²) in [5, 5.41) is 9.83. The van der Waals surface area contributed by atoms with Crippen molar-refractivity contribution in [2.75, 3.05) is 24.6 Å². The van der Waals surface area contributed by atoms with Gasteiger partial charge < -0.3 is 19.5 Å². The van der Waals surface area contributed by atoms with Gasteiger partial charge in [0.1, 0.15) is 12.1 Å².